The van der Waals surface area contributed by atoms with Crippen LogP contribution in [0.15, 0.2) is 24.5 Å². The summed E-state index contributed by atoms with van der Waals surface area (Å²) in [6, 6.07) is 3.92. The topological polar surface area (TPSA) is 53.4 Å². The SMILES string of the molecule is CN(CCc1ccncc1)C(=O)C1(CO)CCC1. The standard InChI is InChI=1S/C14H20N2O2/c1-16(10-5-12-3-8-15-9-4-12)13(18)14(11-17)6-2-7-14/h3-4,8-9,17H,2,5-7,10-11H2,1H3. The van der Waals surface area contributed by atoms with E-state index in [-0.39, 0.29) is 12.5 Å². The van der Waals surface area contributed by atoms with Crippen LogP contribution in [-0.4, -0.2) is 41.1 Å². The van der Waals surface area contributed by atoms with E-state index in [0.717, 1.165) is 25.7 Å². The zero-order valence-electron chi connectivity index (χ0n) is 10.8. The van der Waals surface area contributed by atoms with Crippen molar-refractivity contribution in [2.75, 3.05) is 20.2 Å². The lowest BCUT2D eigenvalue weighted by molar-refractivity contribution is -0.149. The number of carbonyl (C=O) groups is 1. The van der Waals surface area contributed by atoms with E-state index in [1.165, 1.54) is 5.56 Å². The molecule has 1 fully saturated rings. The monoisotopic (exact) mass is 248 g/mol. The molecule has 0 saturated heterocycles. The Morgan fingerprint density at radius 3 is 2.61 bits per heavy atom. The number of rotatable bonds is 5. The Hall–Kier alpha value is -1.42. The second-order valence-corrected chi connectivity index (χ2v) is 5.12. The molecule has 0 atom stereocenters. The van der Waals surface area contributed by atoms with Crippen LogP contribution in [0.2, 0.25) is 0 Å². The molecule has 1 amide bonds. The van der Waals surface area contributed by atoms with Crippen LogP contribution in [0.5, 0.6) is 0 Å². The fraction of sp³-hybridized carbons (Fsp3) is 0.571. The fourth-order valence-corrected chi connectivity index (χ4v) is 2.40. The van der Waals surface area contributed by atoms with Crippen LogP contribution in [0, 0.1) is 5.41 Å². The number of hydrogen-bond donors (Lipinski definition) is 1. The summed E-state index contributed by atoms with van der Waals surface area (Å²) in [5.41, 5.74) is 0.698. The third-order valence-electron chi connectivity index (χ3n) is 3.90. The fourth-order valence-electron chi connectivity index (χ4n) is 2.40. The van der Waals surface area contributed by atoms with E-state index in [0.29, 0.717) is 6.54 Å². The lowest BCUT2D eigenvalue weighted by Gasteiger charge is -2.41. The van der Waals surface area contributed by atoms with Gasteiger partial charge in [-0.25, -0.2) is 0 Å². The van der Waals surface area contributed by atoms with E-state index < -0.39 is 5.41 Å². The van der Waals surface area contributed by atoms with Gasteiger partial charge in [0.05, 0.1) is 12.0 Å². The van der Waals surface area contributed by atoms with Gasteiger partial charge in [-0.05, 0) is 37.0 Å². The zero-order valence-corrected chi connectivity index (χ0v) is 10.8. The number of nitrogens with zero attached hydrogens (tertiary/aromatic N) is 2. The zero-order chi connectivity index (χ0) is 13.0. The van der Waals surface area contributed by atoms with Crippen LogP contribution in [0.3, 0.4) is 0 Å². The van der Waals surface area contributed by atoms with E-state index >= 15 is 0 Å². The van der Waals surface area contributed by atoms with Crippen LogP contribution in [0.1, 0.15) is 24.8 Å². The number of aliphatic hydroxyl groups excluding tert-OH is 1. The Morgan fingerprint density at radius 2 is 2.11 bits per heavy atom. The first-order valence-electron chi connectivity index (χ1n) is 6.43. The van der Waals surface area contributed by atoms with Gasteiger partial charge >= 0.3 is 0 Å². The van der Waals surface area contributed by atoms with Gasteiger partial charge in [0.2, 0.25) is 5.91 Å². The minimum absolute atomic E-state index is 0.0224. The Balaban J connectivity index is 1.88. The molecule has 4 nitrogen and oxygen atoms in total. The predicted octanol–water partition coefficient (Wildman–Crippen LogP) is 1.25. The van der Waals surface area contributed by atoms with Gasteiger partial charge in [0.15, 0.2) is 0 Å². The molecule has 0 radical (unpaired) electrons. The maximum Gasteiger partial charge on any atom is 0.230 e. The minimum atomic E-state index is -0.479. The average Bonchev–Trinajstić information content (AvgIpc) is 2.36. The molecular weight excluding hydrogens is 228 g/mol. The second kappa shape index (κ2) is 5.48. The van der Waals surface area contributed by atoms with Gasteiger partial charge in [-0.15, -0.1) is 0 Å². The Morgan fingerprint density at radius 1 is 1.44 bits per heavy atom. The van der Waals surface area contributed by atoms with Crippen LogP contribution in [-0.2, 0) is 11.2 Å². The van der Waals surface area contributed by atoms with Gasteiger partial charge in [-0.1, -0.05) is 6.42 Å². The number of likely N-dealkylation sites (N-methyl/N-ethyl adjacent to an activating group) is 1. The number of aliphatic hydroxyl groups is 1. The second-order valence-electron chi connectivity index (χ2n) is 5.12. The van der Waals surface area contributed by atoms with Crippen LogP contribution >= 0.6 is 0 Å². The van der Waals surface area contributed by atoms with Crippen molar-refractivity contribution >= 4 is 5.91 Å². The molecule has 0 unspecified atom stereocenters. The van der Waals surface area contributed by atoms with Crippen LogP contribution < -0.4 is 0 Å². The third-order valence-corrected chi connectivity index (χ3v) is 3.90. The number of hydrogen-bond acceptors (Lipinski definition) is 3. The van der Waals surface area contributed by atoms with E-state index in [1.807, 2.05) is 19.2 Å². The first-order chi connectivity index (χ1) is 8.68. The van der Waals surface area contributed by atoms with Crippen molar-refractivity contribution in [3.63, 3.8) is 0 Å². The molecule has 1 N–H and O–H groups in total. The summed E-state index contributed by atoms with van der Waals surface area (Å²) in [5, 5.41) is 9.39. The van der Waals surface area contributed by atoms with Crippen LogP contribution in [0.4, 0.5) is 0 Å². The molecule has 1 aliphatic rings. The summed E-state index contributed by atoms with van der Waals surface area (Å²) < 4.78 is 0. The molecule has 1 aromatic rings. The largest absolute Gasteiger partial charge is 0.395 e. The quantitative estimate of drug-likeness (QED) is 0.853. The molecular formula is C14H20N2O2. The van der Waals surface area contributed by atoms with Crippen molar-refractivity contribution in [1.82, 2.24) is 9.88 Å². The lowest BCUT2D eigenvalue weighted by Crippen LogP contribution is -2.49. The number of pyridine rings is 1. The van der Waals surface area contributed by atoms with E-state index in [1.54, 1.807) is 17.3 Å². The average molecular weight is 248 g/mol. The number of aromatic nitrogens is 1. The molecule has 2 rings (SSSR count). The summed E-state index contributed by atoms with van der Waals surface area (Å²) in [7, 11) is 1.82. The maximum absolute atomic E-state index is 12.3. The van der Waals surface area contributed by atoms with Gasteiger partial charge < -0.3 is 10.0 Å². The molecule has 1 aliphatic carbocycles. The van der Waals surface area contributed by atoms with Gasteiger partial charge in [-0.3, -0.25) is 9.78 Å². The van der Waals surface area contributed by atoms with Gasteiger partial charge in [-0.2, -0.15) is 0 Å². The summed E-state index contributed by atoms with van der Waals surface area (Å²) in [5.74, 6) is 0.0882. The maximum atomic E-state index is 12.3. The highest BCUT2D eigenvalue weighted by Crippen LogP contribution is 2.41. The van der Waals surface area contributed by atoms with E-state index in [2.05, 4.69) is 4.98 Å². The number of amides is 1. The molecule has 0 aromatic carbocycles. The van der Waals surface area contributed by atoms with Gasteiger partial charge in [0, 0.05) is 26.0 Å². The summed E-state index contributed by atoms with van der Waals surface area (Å²) in [6.45, 7) is 0.663. The van der Waals surface area contributed by atoms with E-state index in [9.17, 15) is 9.90 Å². The van der Waals surface area contributed by atoms with Crippen LogP contribution in [0.25, 0.3) is 0 Å². The minimum Gasteiger partial charge on any atom is -0.395 e. The van der Waals surface area contributed by atoms with Crippen molar-refractivity contribution in [3.05, 3.63) is 30.1 Å². The Bertz CT molecular complexity index is 396. The third kappa shape index (κ3) is 2.53. The van der Waals surface area contributed by atoms with Gasteiger partial charge in [0.1, 0.15) is 0 Å². The highest BCUT2D eigenvalue weighted by molar-refractivity contribution is 5.83. The Labute approximate surface area is 108 Å². The van der Waals surface area contributed by atoms with Crippen molar-refractivity contribution in [2.24, 2.45) is 5.41 Å². The molecule has 0 bridgehead atoms. The molecule has 98 valence electrons. The summed E-state index contributed by atoms with van der Waals surface area (Å²) in [4.78, 5) is 18.0. The normalized spacial score (nSPS) is 17.0. The lowest BCUT2D eigenvalue weighted by atomic mass is 9.68. The smallest absolute Gasteiger partial charge is 0.230 e. The van der Waals surface area contributed by atoms with E-state index in [4.69, 9.17) is 0 Å². The number of carbonyl (C=O) groups excluding carboxylic acids is 1. The molecule has 1 aromatic heterocycles. The first-order valence-corrected chi connectivity index (χ1v) is 6.43. The predicted molar refractivity (Wildman–Crippen MR) is 68.9 cm³/mol. The summed E-state index contributed by atoms with van der Waals surface area (Å²) >= 11 is 0. The molecule has 18 heavy (non-hydrogen) atoms. The van der Waals surface area contributed by atoms with Crippen molar-refractivity contribution in [2.45, 2.75) is 25.7 Å². The molecule has 1 saturated carbocycles. The molecule has 0 aliphatic heterocycles. The Kier molecular flexibility index (Phi) is 3.97. The van der Waals surface area contributed by atoms with Crippen molar-refractivity contribution in [3.8, 4) is 0 Å². The highest BCUT2D eigenvalue weighted by Gasteiger charge is 2.44. The first kappa shape index (κ1) is 13.0. The molecule has 4 heteroatoms. The van der Waals surface area contributed by atoms with Crippen molar-refractivity contribution < 1.29 is 9.90 Å². The summed E-state index contributed by atoms with van der Waals surface area (Å²) in [6.07, 6.45) is 7.04. The molecule has 1 heterocycles. The molecule has 0 spiro atoms. The van der Waals surface area contributed by atoms with Gasteiger partial charge in [0.25, 0.3) is 0 Å². The van der Waals surface area contributed by atoms with Crippen molar-refractivity contribution in [1.29, 1.82) is 0 Å². The highest BCUT2D eigenvalue weighted by atomic mass is 16.3.